The number of ether oxygens (including phenoxy) is 1. The van der Waals surface area contributed by atoms with Crippen LogP contribution in [0.15, 0.2) is 18.2 Å². The van der Waals surface area contributed by atoms with Crippen molar-refractivity contribution in [2.75, 3.05) is 11.5 Å². The van der Waals surface area contributed by atoms with E-state index in [0.717, 1.165) is 0 Å². The fourth-order valence-electron chi connectivity index (χ4n) is 0.744. The van der Waals surface area contributed by atoms with Gasteiger partial charge in [0.2, 0.25) is 0 Å². The summed E-state index contributed by atoms with van der Waals surface area (Å²) in [6.45, 7) is 0. The van der Waals surface area contributed by atoms with Crippen molar-refractivity contribution in [2.45, 2.75) is 0 Å². The molecule has 0 saturated heterocycles. The molecule has 1 rings (SSSR count). The highest BCUT2D eigenvalue weighted by Crippen LogP contribution is 2.26. The predicted octanol–water partition coefficient (Wildman–Crippen LogP) is 0.908. The molecule has 12 heavy (non-hydrogen) atoms. The van der Waals surface area contributed by atoms with E-state index in [2.05, 4.69) is 4.74 Å². The van der Waals surface area contributed by atoms with Gasteiger partial charge in [0.25, 0.3) is 0 Å². The van der Waals surface area contributed by atoms with Gasteiger partial charge in [0.1, 0.15) is 0 Å². The first-order valence-corrected chi connectivity index (χ1v) is 3.16. The van der Waals surface area contributed by atoms with Crippen molar-refractivity contribution in [1.82, 2.24) is 0 Å². The highest BCUT2D eigenvalue weighted by Gasteiger charge is 2.06. The Morgan fingerprint density at radius 3 is 2.67 bits per heavy atom. The van der Waals surface area contributed by atoms with Gasteiger partial charge in [-0.05, 0) is 12.1 Å². The highest BCUT2D eigenvalue weighted by atomic mass is 16.7. The topological polar surface area (TPSA) is 98.6 Å². The van der Waals surface area contributed by atoms with Crippen molar-refractivity contribution in [3.63, 3.8) is 0 Å². The lowest BCUT2D eigenvalue weighted by Crippen LogP contribution is -2.06. The molecule has 1 aromatic rings. The third-order valence-electron chi connectivity index (χ3n) is 1.30. The van der Waals surface area contributed by atoms with Crippen molar-refractivity contribution in [3.05, 3.63) is 18.2 Å². The van der Waals surface area contributed by atoms with Crippen LogP contribution in [0.3, 0.4) is 0 Å². The first-order chi connectivity index (χ1) is 5.61. The van der Waals surface area contributed by atoms with Gasteiger partial charge in [0.05, 0.1) is 11.4 Å². The summed E-state index contributed by atoms with van der Waals surface area (Å²) < 4.78 is 4.34. The van der Waals surface area contributed by atoms with Gasteiger partial charge in [-0.1, -0.05) is 6.07 Å². The predicted molar refractivity (Wildman–Crippen MR) is 43.9 cm³/mol. The van der Waals surface area contributed by atoms with Crippen LogP contribution in [0, 0.1) is 0 Å². The summed E-state index contributed by atoms with van der Waals surface area (Å²) >= 11 is 0. The van der Waals surface area contributed by atoms with Crippen LogP contribution < -0.4 is 16.2 Å². The summed E-state index contributed by atoms with van der Waals surface area (Å²) in [6.07, 6.45) is -1.41. The maximum Gasteiger partial charge on any atom is 0.511 e. The first-order valence-electron chi connectivity index (χ1n) is 3.16. The van der Waals surface area contributed by atoms with E-state index in [0.29, 0.717) is 5.69 Å². The number of para-hydroxylation sites is 1. The Hall–Kier alpha value is -1.91. The molecule has 0 unspecified atom stereocenters. The van der Waals surface area contributed by atoms with Crippen LogP contribution in [0.2, 0.25) is 0 Å². The van der Waals surface area contributed by atoms with Gasteiger partial charge in [-0.25, -0.2) is 4.79 Å². The molecule has 0 aliphatic rings. The Labute approximate surface area is 68.5 Å². The number of hydrogen-bond donors (Lipinski definition) is 3. The zero-order valence-corrected chi connectivity index (χ0v) is 6.15. The average Bonchev–Trinajstić information content (AvgIpc) is 1.98. The van der Waals surface area contributed by atoms with Gasteiger partial charge in [-0.3, -0.25) is 0 Å². The van der Waals surface area contributed by atoms with Crippen LogP contribution in [0.25, 0.3) is 0 Å². The molecule has 0 spiro atoms. The highest BCUT2D eigenvalue weighted by molar-refractivity contribution is 5.74. The summed E-state index contributed by atoms with van der Waals surface area (Å²) in [5.74, 6) is 0.0579. The van der Waals surface area contributed by atoms with Gasteiger partial charge in [-0.15, -0.1) is 0 Å². The van der Waals surface area contributed by atoms with E-state index < -0.39 is 6.16 Å². The number of nitrogens with two attached hydrogens (primary N) is 2. The van der Waals surface area contributed by atoms with Crippen molar-refractivity contribution >= 4 is 17.5 Å². The molecule has 1 aromatic carbocycles. The Bertz CT molecular complexity index is 312. The smallest absolute Gasteiger partial charge is 0.449 e. The maximum absolute atomic E-state index is 10.1. The standard InChI is InChI=1S/C7H8N2O3/c8-4-2-1-3-5(6(4)9)12-7(10)11/h1-3H,8-9H2,(H,10,11). The largest absolute Gasteiger partial charge is 0.511 e. The van der Waals surface area contributed by atoms with Crippen molar-refractivity contribution < 1.29 is 14.6 Å². The number of hydrogen-bond acceptors (Lipinski definition) is 4. The summed E-state index contributed by atoms with van der Waals surface area (Å²) in [5, 5.41) is 8.26. The molecule has 5 nitrogen and oxygen atoms in total. The Balaban J connectivity index is 3.00. The van der Waals surface area contributed by atoms with Crippen LogP contribution in [0.1, 0.15) is 0 Å². The average molecular weight is 168 g/mol. The molecule has 0 amide bonds. The second kappa shape index (κ2) is 3.00. The Morgan fingerprint density at radius 2 is 2.08 bits per heavy atom. The van der Waals surface area contributed by atoms with Crippen molar-refractivity contribution in [3.8, 4) is 5.75 Å². The second-order valence-corrected chi connectivity index (χ2v) is 2.13. The van der Waals surface area contributed by atoms with E-state index in [9.17, 15) is 4.79 Å². The number of rotatable bonds is 1. The van der Waals surface area contributed by atoms with E-state index in [1.807, 2.05) is 0 Å². The van der Waals surface area contributed by atoms with Gasteiger partial charge in [0.15, 0.2) is 5.75 Å². The number of carbonyl (C=O) groups is 1. The minimum Gasteiger partial charge on any atom is -0.449 e. The molecule has 5 N–H and O–H groups in total. The molecule has 0 atom stereocenters. The fourth-order valence-corrected chi connectivity index (χ4v) is 0.744. The van der Waals surface area contributed by atoms with Gasteiger partial charge >= 0.3 is 6.16 Å². The molecular weight excluding hydrogens is 160 g/mol. The van der Waals surface area contributed by atoms with E-state index >= 15 is 0 Å². The number of carboxylic acid groups (broad SMARTS) is 1. The maximum atomic E-state index is 10.1. The third kappa shape index (κ3) is 1.57. The molecule has 5 heteroatoms. The van der Waals surface area contributed by atoms with Crippen LogP contribution in [0.5, 0.6) is 5.75 Å². The van der Waals surface area contributed by atoms with Crippen LogP contribution in [-0.4, -0.2) is 11.3 Å². The van der Waals surface area contributed by atoms with E-state index in [1.165, 1.54) is 6.07 Å². The molecular formula is C7H8N2O3. The minimum atomic E-state index is -1.41. The molecule has 0 fully saturated rings. The molecule has 0 saturated carbocycles. The molecule has 0 bridgehead atoms. The molecule has 0 aliphatic carbocycles. The Kier molecular flexibility index (Phi) is 2.05. The lowest BCUT2D eigenvalue weighted by Gasteiger charge is -2.04. The van der Waals surface area contributed by atoms with Crippen LogP contribution in [-0.2, 0) is 0 Å². The van der Waals surface area contributed by atoms with Crippen LogP contribution in [0.4, 0.5) is 16.2 Å². The number of benzene rings is 1. The SMILES string of the molecule is Nc1cccc(OC(=O)O)c1N. The number of anilines is 2. The Morgan fingerprint density at radius 1 is 1.42 bits per heavy atom. The molecule has 0 aliphatic heterocycles. The normalized spacial score (nSPS) is 9.33. The van der Waals surface area contributed by atoms with Crippen molar-refractivity contribution in [2.24, 2.45) is 0 Å². The summed E-state index contributed by atoms with van der Waals surface area (Å²) in [7, 11) is 0. The molecule has 0 radical (unpaired) electrons. The van der Waals surface area contributed by atoms with E-state index in [4.69, 9.17) is 16.6 Å². The molecule has 0 aromatic heterocycles. The third-order valence-corrected chi connectivity index (χ3v) is 1.30. The minimum absolute atomic E-state index is 0.0579. The zero-order chi connectivity index (χ0) is 9.14. The summed E-state index contributed by atoms with van der Waals surface area (Å²) in [6, 6.07) is 4.55. The van der Waals surface area contributed by atoms with E-state index in [-0.39, 0.29) is 11.4 Å². The number of nitrogen functional groups attached to an aromatic ring is 2. The lowest BCUT2D eigenvalue weighted by atomic mass is 10.2. The molecule has 0 heterocycles. The second-order valence-electron chi connectivity index (χ2n) is 2.13. The monoisotopic (exact) mass is 168 g/mol. The summed E-state index contributed by atoms with van der Waals surface area (Å²) in [5.41, 5.74) is 11.3. The first kappa shape index (κ1) is 8.19. The fraction of sp³-hybridized carbons (Fsp3) is 0. The van der Waals surface area contributed by atoms with Gasteiger partial charge in [-0.2, -0.15) is 0 Å². The lowest BCUT2D eigenvalue weighted by molar-refractivity contribution is 0.145. The van der Waals surface area contributed by atoms with Crippen LogP contribution >= 0.6 is 0 Å². The van der Waals surface area contributed by atoms with Gasteiger partial charge < -0.3 is 21.3 Å². The quantitative estimate of drug-likeness (QED) is 0.329. The zero-order valence-electron chi connectivity index (χ0n) is 6.15. The van der Waals surface area contributed by atoms with E-state index in [1.54, 1.807) is 12.1 Å². The summed E-state index contributed by atoms with van der Waals surface area (Å²) in [4.78, 5) is 10.1. The van der Waals surface area contributed by atoms with Gasteiger partial charge in [0, 0.05) is 0 Å². The molecule has 64 valence electrons. The van der Waals surface area contributed by atoms with Crippen molar-refractivity contribution in [1.29, 1.82) is 0 Å².